The van der Waals surface area contributed by atoms with Crippen molar-refractivity contribution in [3.05, 3.63) is 11.7 Å². The van der Waals surface area contributed by atoms with Gasteiger partial charge in [0.05, 0.1) is 18.8 Å². The van der Waals surface area contributed by atoms with Gasteiger partial charge >= 0.3 is 0 Å². The van der Waals surface area contributed by atoms with Crippen molar-refractivity contribution < 1.29 is 9.26 Å². The van der Waals surface area contributed by atoms with E-state index >= 15 is 0 Å². The maximum atomic E-state index is 5.55. The summed E-state index contributed by atoms with van der Waals surface area (Å²) in [5.74, 6) is 1.47. The van der Waals surface area contributed by atoms with Crippen LogP contribution in [-0.2, 0) is 10.2 Å². The van der Waals surface area contributed by atoms with Gasteiger partial charge in [0.25, 0.3) is 0 Å². The smallest absolute Gasteiger partial charge is 0.243 e. The molecule has 0 bridgehead atoms. The van der Waals surface area contributed by atoms with E-state index in [4.69, 9.17) is 9.26 Å². The summed E-state index contributed by atoms with van der Waals surface area (Å²) in [6.07, 6.45) is 0.270. The van der Waals surface area contributed by atoms with Crippen LogP contribution in [0.2, 0.25) is 0 Å². The molecular formula is C13H23N3O2. The topological polar surface area (TPSA) is 51.4 Å². The summed E-state index contributed by atoms with van der Waals surface area (Å²) >= 11 is 0. The summed E-state index contributed by atoms with van der Waals surface area (Å²) in [5, 5.41) is 4.08. The molecule has 0 amide bonds. The first-order valence-corrected chi connectivity index (χ1v) is 6.57. The summed E-state index contributed by atoms with van der Waals surface area (Å²) < 4.78 is 10.9. The Hall–Kier alpha value is -0.940. The third kappa shape index (κ3) is 2.90. The minimum atomic E-state index is -0.0697. The summed E-state index contributed by atoms with van der Waals surface area (Å²) in [7, 11) is 0. The zero-order chi connectivity index (χ0) is 13.3. The number of hydrogen-bond acceptors (Lipinski definition) is 5. The predicted octanol–water partition coefficient (Wildman–Crippen LogP) is 2.15. The molecule has 5 nitrogen and oxygen atoms in total. The molecule has 0 N–H and O–H groups in total. The van der Waals surface area contributed by atoms with Crippen LogP contribution >= 0.6 is 0 Å². The molecule has 1 saturated heterocycles. The van der Waals surface area contributed by atoms with Gasteiger partial charge in [-0.3, -0.25) is 4.90 Å². The first-order chi connectivity index (χ1) is 8.38. The summed E-state index contributed by atoms with van der Waals surface area (Å²) in [5.41, 5.74) is -0.0697. The van der Waals surface area contributed by atoms with E-state index in [1.807, 2.05) is 0 Å². The van der Waals surface area contributed by atoms with Crippen LogP contribution in [0, 0.1) is 0 Å². The highest BCUT2D eigenvalue weighted by molar-refractivity contribution is 5.02. The van der Waals surface area contributed by atoms with Crippen LogP contribution < -0.4 is 0 Å². The number of morpholine rings is 1. The second-order valence-electron chi connectivity index (χ2n) is 6.06. The number of ether oxygens (including phenoxy) is 1. The average molecular weight is 253 g/mol. The summed E-state index contributed by atoms with van der Waals surface area (Å²) in [6, 6.07) is 0.153. The highest BCUT2D eigenvalue weighted by atomic mass is 16.5. The van der Waals surface area contributed by atoms with Gasteiger partial charge in [0.2, 0.25) is 5.89 Å². The Labute approximate surface area is 108 Å². The van der Waals surface area contributed by atoms with Crippen LogP contribution in [0.15, 0.2) is 4.52 Å². The lowest BCUT2D eigenvalue weighted by molar-refractivity contribution is -0.0361. The van der Waals surface area contributed by atoms with Crippen LogP contribution in [0.1, 0.15) is 52.4 Å². The van der Waals surface area contributed by atoms with Crippen molar-refractivity contribution in [2.24, 2.45) is 0 Å². The normalized spacial score (nSPS) is 24.2. The fraction of sp³-hybridized carbons (Fsp3) is 0.846. The molecule has 2 rings (SSSR count). The van der Waals surface area contributed by atoms with Crippen LogP contribution in [0.5, 0.6) is 0 Å². The Morgan fingerprint density at radius 3 is 2.67 bits per heavy atom. The van der Waals surface area contributed by atoms with Crippen LogP contribution in [0.3, 0.4) is 0 Å². The highest BCUT2D eigenvalue weighted by Crippen LogP contribution is 2.24. The van der Waals surface area contributed by atoms with Gasteiger partial charge in [0.1, 0.15) is 0 Å². The Morgan fingerprint density at radius 2 is 2.11 bits per heavy atom. The first kappa shape index (κ1) is 13.5. The maximum Gasteiger partial charge on any atom is 0.243 e. The molecule has 2 atom stereocenters. The monoisotopic (exact) mass is 253 g/mol. The number of hydrogen-bond donors (Lipinski definition) is 0. The Morgan fingerprint density at radius 1 is 1.39 bits per heavy atom. The van der Waals surface area contributed by atoms with E-state index in [1.54, 1.807) is 0 Å². The van der Waals surface area contributed by atoms with E-state index in [-0.39, 0.29) is 17.6 Å². The molecule has 0 aliphatic carbocycles. The summed E-state index contributed by atoms with van der Waals surface area (Å²) in [4.78, 5) is 6.85. The van der Waals surface area contributed by atoms with E-state index < -0.39 is 0 Å². The minimum absolute atomic E-state index is 0.0697. The SMILES string of the molecule is CC1CN(C(C)c2nc(C(C)(C)C)no2)CCO1. The van der Waals surface area contributed by atoms with Crippen molar-refractivity contribution in [3.8, 4) is 0 Å². The zero-order valence-corrected chi connectivity index (χ0v) is 11.9. The van der Waals surface area contributed by atoms with E-state index in [0.717, 1.165) is 25.5 Å². The number of nitrogens with zero attached hydrogens (tertiary/aromatic N) is 3. The largest absolute Gasteiger partial charge is 0.376 e. The van der Waals surface area contributed by atoms with Gasteiger partial charge in [0, 0.05) is 18.5 Å². The van der Waals surface area contributed by atoms with Crippen LogP contribution in [-0.4, -0.2) is 40.8 Å². The van der Waals surface area contributed by atoms with Crippen LogP contribution in [0.4, 0.5) is 0 Å². The third-order valence-electron chi connectivity index (χ3n) is 3.29. The lowest BCUT2D eigenvalue weighted by Gasteiger charge is -2.33. The van der Waals surface area contributed by atoms with E-state index in [9.17, 15) is 0 Å². The van der Waals surface area contributed by atoms with E-state index in [1.165, 1.54) is 0 Å². The molecule has 2 unspecified atom stereocenters. The van der Waals surface area contributed by atoms with Crippen molar-refractivity contribution in [2.45, 2.75) is 52.2 Å². The first-order valence-electron chi connectivity index (χ1n) is 6.57. The van der Waals surface area contributed by atoms with Crippen molar-refractivity contribution in [2.75, 3.05) is 19.7 Å². The molecule has 2 heterocycles. The van der Waals surface area contributed by atoms with E-state index in [0.29, 0.717) is 5.89 Å². The van der Waals surface area contributed by atoms with Gasteiger partial charge < -0.3 is 9.26 Å². The third-order valence-corrected chi connectivity index (χ3v) is 3.29. The minimum Gasteiger partial charge on any atom is -0.376 e. The molecule has 1 aliphatic heterocycles. The molecule has 0 aromatic carbocycles. The van der Waals surface area contributed by atoms with E-state index in [2.05, 4.69) is 49.7 Å². The molecule has 1 aromatic rings. The second-order valence-corrected chi connectivity index (χ2v) is 6.06. The van der Waals surface area contributed by atoms with Crippen molar-refractivity contribution in [3.63, 3.8) is 0 Å². The zero-order valence-electron chi connectivity index (χ0n) is 11.9. The van der Waals surface area contributed by atoms with Gasteiger partial charge in [-0.2, -0.15) is 4.98 Å². The lowest BCUT2D eigenvalue weighted by atomic mass is 9.96. The van der Waals surface area contributed by atoms with Crippen molar-refractivity contribution in [1.82, 2.24) is 15.0 Å². The second kappa shape index (κ2) is 4.97. The Kier molecular flexibility index (Phi) is 3.73. The fourth-order valence-corrected chi connectivity index (χ4v) is 2.06. The molecule has 1 fully saturated rings. The quantitative estimate of drug-likeness (QED) is 0.808. The molecular weight excluding hydrogens is 230 g/mol. The van der Waals surface area contributed by atoms with Gasteiger partial charge in [0.15, 0.2) is 5.82 Å². The summed E-state index contributed by atoms with van der Waals surface area (Å²) in [6.45, 7) is 13.1. The molecule has 0 radical (unpaired) electrons. The van der Waals surface area contributed by atoms with Gasteiger partial charge in [-0.25, -0.2) is 0 Å². The standard InChI is InChI=1S/C13H23N3O2/c1-9-8-16(6-7-17-9)10(2)11-14-12(15-18-11)13(3,4)5/h9-10H,6-8H2,1-5H3. The molecule has 1 aromatic heterocycles. The van der Waals surface area contributed by atoms with Crippen LogP contribution in [0.25, 0.3) is 0 Å². The molecule has 1 aliphatic rings. The molecule has 5 heteroatoms. The van der Waals surface area contributed by atoms with Gasteiger partial charge in [-0.15, -0.1) is 0 Å². The fourth-order valence-electron chi connectivity index (χ4n) is 2.06. The highest BCUT2D eigenvalue weighted by Gasteiger charge is 2.28. The Balaban J connectivity index is 2.09. The average Bonchev–Trinajstić information content (AvgIpc) is 2.77. The number of aromatic nitrogens is 2. The molecule has 102 valence electrons. The number of rotatable bonds is 2. The van der Waals surface area contributed by atoms with Crippen molar-refractivity contribution >= 4 is 0 Å². The van der Waals surface area contributed by atoms with Gasteiger partial charge in [-0.05, 0) is 13.8 Å². The Bertz CT molecular complexity index is 397. The molecule has 0 spiro atoms. The molecule has 0 saturated carbocycles. The lowest BCUT2D eigenvalue weighted by Crippen LogP contribution is -2.42. The predicted molar refractivity (Wildman–Crippen MR) is 68.4 cm³/mol. The van der Waals surface area contributed by atoms with Crippen molar-refractivity contribution in [1.29, 1.82) is 0 Å². The van der Waals surface area contributed by atoms with Gasteiger partial charge in [-0.1, -0.05) is 25.9 Å². The molecule has 18 heavy (non-hydrogen) atoms. The maximum absolute atomic E-state index is 5.55.